The van der Waals surface area contributed by atoms with Crippen molar-refractivity contribution < 1.29 is 4.74 Å². The minimum absolute atomic E-state index is 0.125. The third-order valence-electron chi connectivity index (χ3n) is 3.07. The van der Waals surface area contributed by atoms with Gasteiger partial charge in [-0.25, -0.2) is 4.98 Å². The molecular weight excluding hydrogens is 296 g/mol. The largest absolute Gasteiger partial charge is 0.385 e. The third kappa shape index (κ3) is 7.22. The van der Waals surface area contributed by atoms with Gasteiger partial charge in [-0.2, -0.15) is 0 Å². The van der Waals surface area contributed by atoms with Crippen LogP contribution in [0.15, 0.2) is 10.4 Å². The SMILES string of the molecule is CCNC(=NCCCOC)NCCc1nc(C(C)(C)C)cs1. The Kier molecular flexibility index (Phi) is 8.42. The second-order valence-corrected chi connectivity index (χ2v) is 7.10. The Balaban J connectivity index is 2.40. The van der Waals surface area contributed by atoms with Gasteiger partial charge in [-0.15, -0.1) is 11.3 Å². The van der Waals surface area contributed by atoms with E-state index in [0.717, 1.165) is 45.0 Å². The summed E-state index contributed by atoms with van der Waals surface area (Å²) in [5.74, 6) is 0.867. The summed E-state index contributed by atoms with van der Waals surface area (Å²) in [6, 6.07) is 0. The van der Waals surface area contributed by atoms with Crippen LogP contribution in [0.1, 0.15) is 44.8 Å². The lowest BCUT2D eigenvalue weighted by atomic mass is 9.93. The molecule has 0 spiro atoms. The number of hydrogen-bond donors (Lipinski definition) is 2. The molecule has 2 N–H and O–H groups in total. The van der Waals surface area contributed by atoms with E-state index in [9.17, 15) is 0 Å². The summed E-state index contributed by atoms with van der Waals surface area (Å²) < 4.78 is 5.04. The first-order valence-electron chi connectivity index (χ1n) is 7.93. The fourth-order valence-corrected chi connectivity index (χ4v) is 2.82. The number of aliphatic imine (C=N–C) groups is 1. The minimum atomic E-state index is 0.125. The van der Waals surface area contributed by atoms with E-state index in [-0.39, 0.29) is 5.41 Å². The van der Waals surface area contributed by atoms with Crippen molar-refractivity contribution in [3.8, 4) is 0 Å². The number of nitrogens with zero attached hydrogens (tertiary/aromatic N) is 2. The van der Waals surface area contributed by atoms with Crippen molar-refractivity contribution in [2.45, 2.75) is 46.0 Å². The van der Waals surface area contributed by atoms with Crippen molar-refractivity contribution >= 4 is 17.3 Å². The first-order chi connectivity index (χ1) is 10.5. The van der Waals surface area contributed by atoms with Gasteiger partial charge in [0.25, 0.3) is 0 Å². The average molecular weight is 327 g/mol. The highest BCUT2D eigenvalue weighted by Crippen LogP contribution is 2.23. The van der Waals surface area contributed by atoms with E-state index in [1.807, 2.05) is 0 Å². The van der Waals surface area contributed by atoms with Gasteiger partial charge in [-0.05, 0) is 13.3 Å². The zero-order valence-corrected chi connectivity index (χ0v) is 15.3. The van der Waals surface area contributed by atoms with E-state index in [1.54, 1.807) is 18.4 Å². The van der Waals surface area contributed by atoms with Crippen LogP contribution in [0.2, 0.25) is 0 Å². The van der Waals surface area contributed by atoms with Gasteiger partial charge >= 0.3 is 0 Å². The van der Waals surface area contributed by atoms with Gasteiger partial charge < -0.3 is 15.4 Å². The fourth-order valence-electron chi connectivity index (χ4n) is 1.80. The highest BCUT2D eigenvalue weighted by Gasteiger charge is 2.17. The van der Waals surface area contributed by atoms with Gasteiger partial charge in [0.05, 0.1) is 10.7 Å². The molecule has 5 nitrogen and oxygen atoms in total. The van der Waals surface area contributed by atoms with Crippen molar-refractivity contribution in [3.63, 3.8) is 0 Å². The predicted molar refractivity (Wildman–Crippen MR) is 95.0 cm³/mol. The predicted octanol–water partition coefficient (Wildman–Crippen LogP) is 2.57. The molecule has 0 atom stereocenters. The lowest BCUT2D eigenvalue weighted by Gasteiger charge is -2.14. The Morgan fingerprint density at radius 3 is 2.73 bits per heavy atom. The van der Waals surface area contributed by atoms with Crippen LogP contribution >= 0.6 is 11.3 Å². The van der Waals surface area contributed by atoms with Gasteiger partial charge in [-0.3, -0.25) is 4.99 Å². The molecule has 0 unspecified atom stereocenters. The topological polar surface area (TPSA) is 58.5 Å². The lowest BCUT2D eigenvalue weighted by Crippen LogP contribution is -2.38. The smallest absolute Gasteiger partial charge is 0.191 e. The number of rotatable bonds is 8. The molecular formula is C16H30N4OS. The fraction of sp³-hybridized carbons (Fsp3) is 0.750. The molecule has 0 aliphatic heterocycles. The molecule has 22 heavy (non-hydrogen) atoms. The van der Waals surface area contributed by atoms with Gasteiger partial charge in [0, 0.05) is 50.6 Å². The standard InChI is InChI=1S/C16H30N4OS/c1-6-17-15(18-9-7-11-21-5)19-10-8-14-20-13(12-22-14)16(2,3)4/h12H,6-11H2,1-5H3,(H2,17,18,19). The van der Waals surface area contributed by atoms with Crippen LogP contribution in [0.3, 0.4) is 0 Å². The van der Waals surface area contributed by atoms with E-state index >= 15 is 0 Å². The summed E-state index contributed by atoms with van der Waals surface area (Å²) in [4.78, 5) is 9.24. The molecule has 0 aliphatic rings. The molecule has 0 saturated carbocycles. The van der Waals surface area contributed by atoms with Gasteiger partial charge in [0.2, 0.25) is 0 Å². The molecule has 1 aromatic heterocycles. The van der Waals surface area contributed by atoms with Gasteiger partial charge in [0.15, 0.2) is 5.96 Å². The molecule has 6 heteroatoms. The molecule has 0 bridgehead atoms. The van der Waals surface area contributed by atoms with E-state index in [1.165, 1.54) is 10.7 Å². The van der Waals surface area contributed by atoms with Crippen molar-refractivity contribution in [1.29, 1.82) is 0 Å². The molecule has 0 radical (unpaired) electrons. The number of guanidine groups is 1. The van der Waals surface area contributed by atoms with Crippen LogP contribution in [0.5, 0.6) is 0 Å². The van der Waals surface area contributed by atoms with Crippen molar-refractivity contribution in [3.05, 3.63) is 16.1 Å². The summed E-state index contributed by atoms with van der Waals surface area (Å²) in [5.41, 5.74) is 1.30. The molecule has 126 valence electrons. The van der Waals surface area contributed by atoms with Gasteiger partial charge in [-0.1, -0.05) is 20.8 Å². The number of thiazole rings is 1. The Hall–Kier alpha value is -1.14. The van der Waals surface area contributed by atoms with E-state index in [2.05, 4.69) is 48.7 Å². The maximum atomic E-state index is 5.04. The Morgan fingerprint density at radius 2 is 2.14 bits per heavy atom. The van der Waals surface area contributed by atoms with Crippen LogP contribution in [0.25, 0.3) is 0 Å². The Labute approximate surface area is 138 Å². The van der Waals surface area contributed by atoms with E-state index in [0.29, 0.717) is 0 Å². The summed E-state index contributed by atoms with van der Waals surface area (Å²) in [7, 11) is 1.72. The van der Waals surface area contributed by atoms with Gasteiger partial charge in [0.1, 0.15) is 0 Å². The molecule has 0 fully saturated rings. The van der Waals surface area contributed by atoms with Crippen molar-refractivity contribution in [2.24, 2.45) is 4.99 Å². The maximum Gasteiger partial charge on any atom is 0.191 e. The number of nitrogens with one attached hydrogen (secondary N) is 2. The first-order valence-corrected chi connectivity index (χ1v) is 8.81. The van der Waals surface area contributed by atoms with Crippen molar-refractivity contribution in [2.75, 3.05) is 33.4 Å². The van der Waals surface area contributed by atoms with E-state index < -0.39 is 0 Å². The van der Waals surface area contributed by atoms with Crippen LogP contribution in [-0.4, -0.2) is 44.3 Å². The summed E-state index contributed by atoms with van der Waals surface area (Å²) in [6.07, 6.45) is 1.86. The third-order valence-corrected chi connectivity index (χ3v) is 3.98. The Bertz CT molecular complexity index is 451. The molecule has 1 aromatic rings. The number of methoxy groups -OCH3 is 1. The quantitative estimate of drug-likeness (QED) is 0.438. The molecule has 1 rings (SSSR count). The Morgan fingerprint density at radius 1 is 1.36 bits per heavy atom. The van der Waals surface area contributed by atoms with Crippen LogP contribution in [0.4, 0.5) is 0 Å². The van der Waals surface area contributed by atoms with Crippen LogP contribution in [0, 0.1) is 0 Å². The zero-order valence-electron chi connectivity index (χ0n) is 14.5. The first kappa shape index (κ1) is 18.9. The van der Waals surface area contributed by atoms with E-state index in [4.69, 9.17) is 9.72 Å². The highest BCUT2D eigenvalue weighted by atomic mass is 32.1. The number of hydrogen-bond acceptors (Lipinski definition) is 4. The van der Waals surface area contributed by atoms with Crippen molar-refractivity contribution in [1.82, 2.24) is 15.6 Å². The molecule has 0 amide bonds. The number of ether oxygens (including phenoxy) is 1. The highest BCUT2D eigenvalue weighted by molar-refractivity contribution is 7.09. The molecule has 0 saturated heterocycles. The monoisotopic (exact) mass is 326 g/mol. The number of aromatic nitrogens is 1. The maximum absolute atomic E-state index is 5.04. The van der Waals surface area contributed by atoms with Crippen LogP contribution < -0.4 is 10.6 Å². The molecule has 0 aliphatic carbocycles. The molecule has 0 aromatic carbocycles. The zero-order chi connectivity index (χ0) is 16.4. The summed E-state index contributed by atoms with van der Waals surface area (Å²) in [6.45, 7) is 11.9. The lowest BCUT2D eigenvalue weighted by molar-refractivity contribution is 0.197. The van der Waals surface area contributed by atoms with Crippen LogP contribution in [-0.2, 0) is 16.6 Å². The average Bonchev–Trinajstić information content (AvgIpc) is 2.92. The second-order valence-electron chi connectivity index (χ2n) is 6.16. The molecule has 1 heterocycles. The summed E-state index contributed by atoms with van der Waals surface area (Å²) in [5, 5.41) is 9.95. The minimum Gasteiger partial charge on any atom is -0.385 e. The summed E-state index contributed by atoms with van der Waals surface area (Å²) >= 11 is 1.74. The normalized spacial score (nSPS) is 12.5. The second kappa shape index (κ2) is 9.79.